The Morgan fingerprint density at radius 2 is 1.83 bits per heavy atom. The van der Waals surface area contributed by atoms with E-state index in [1.165, 1.54) is 0 Å². The molecular weight excluding hydrogens is 232 g/mol. The molecule has 0 aliphatic heterocycles. The molecule has 0 spiro atoms. The van der Waals surface area contributed by atoms with E-state index in [0.29, 0.717) is 12.8 Å². The third kappa shape index (κ3) is 3.00. The fourth-order valence-corrected chi connectivity index (χ4v) is 2.08. The molecule has 0 atom stereocenters. The number of rotatable bonds is 4. The molecule has 1 aliphatic carbocycles. The van der Waals surface area contributed by atoms with Crippen molar-refractivity contribution in [3.05, 3.63) is 24.3 Å². The molecule has 18 heavy (non-hydrogen) atoms. The fraction of sp³-hybridized carbons (Fsp3) is 0.571. The van der Waals surface area contributed by atoms with Crippen LogP contribution in [-0.2, 0) is 19.1 Å². The summed E-state index contributed by atoms with van der Waals surface area (Å²) in [5.74, 6) is -1.01. The van der Waals surface area contributed by atoms with Gasteiger partial charge in [0.25, 0.3) is 0 Å². The van der Waals surface area contributed by atoms with Crippen LogP contribution in [0.5, 0.6) is 0 Å². The van der Waals surface area contributed by atoms with Crippen molar-refractivity contribution < 1.29 is 19.1 Å². The summed E-state index contributed by atoms with van der Waals surface area (Å²) in [5.41, 5.74) is -0.485. The zero-order chi connectivity index (χ0) is 13.6. The minimum absolute atomic E-state index is 0.250. The number of hydrogen-bond acceptors (Lipinski definition) is 4. The SMILES string of the molecule is C=C1C=CCCC(C(=O)OCC)(C(=O)OCC)C1. The van der Waals surface area contributed by atoms with Crippen LogP contribution in [-0.4, -0.2) is 25.2 Å². The van der Waals surface area contributed by atoms with Gasteiger partial charge in [0.05, 0.1) is 13.2 Å². The molecule has 1 rings (SSSR count). The van der Waals surface area contributed by atoms with Crippen LogP contribution >= 0.6 is 0 Å². The number of carbonyl (C=O) groups excluding carboxylic acids is 2. The first-order valence-electron chi connectivity index (χ1n) is 6.25. The predicted molar refractivity (Wildman–Crippen MR) is 67.8 cm³/mol. The number of hydrogen-bond donors (Lipinski definition) is 0. The Bertz CT molecular complexity index is 350. The lowest BCUT2D eigenvalue weighted by molar-refractivity contribution is -0.172. The lowest BCUT2D eigenvalue weighted by Crippen LogP contribution is -2.42. The van der Waals surface area contributed by atoms with Gasteiger partial charge in [-0.3, -0.25) is 9.59 Å². The van der Waals surface area contributed by atoms with Gasteiger partial charge in [0.1, 0.15) is 0 Å². The standard InChI is InChI=1S/C14H20O4/c1-4-17-12(15)14(13(16)18-5-2)9-7-6-8-11(3)10-14/h6,8H,3-5,7,9-10H2,1-2H3. The normalized spacial score (nSPS) is 18.0. The van der Waals surface area contributed by atoms with Gasteiger partial charge >= 0.3 is 11.9 Å². The summed E-state index contributed by atoms with van der Waals surface area (Å²) in [6.07, 6.45) is 5.07. The van der Waals surface area contributed by atoms with Crippen LogP contribution in [0.2, 0.25) is 0 Å². The summed E-state index contributed by atoms with van der Waals surface area (Å²) >= 11 is 0. The molecule has 0 aromatic rings. The highest BCUT2D eigenvalue weighted by Crippen LogP contribution is 2.37. The summed E-state index contributed by atoms with van der Waals surface area (Å²) in [6.45, 7) is 7.80. The van der Waals surface area contributed by atoms with E-state index in [0.717, 1.165) is 5.57 Å². The second-order valence-electron chi connectivity index (χ2n) is 4.30. The molecule has 0 aromatic carbocycles. The van der Waals surface area contributed by atoms with Gasteiger partial charge in [0.15, 0.2) is 5.41 Å². The minimum atomic E-state index is -1.23. The molecule has 0 fully saturated rings. The number of ether oxygens (including phenoxy) is 2. The van der Waals surface area contributed by atoms with E-state index in [9.17, 15) is 9.59 Å². The zero-order valence-corrected chi connectivity index (χ0v) is 11.0. The molecular formula is C14H20O4. The van der Waals surface area contributed by atoms with Gasteiger partial charge in [-0.1, -0.05) is 24.3 Å². The molecule has 0 radical (unpaired) electrons. The fourth-order valence-electron chi connectivity index (χ4n) is 2.08. The highest BCUT2D eigenvalue weighted by Gasteiger charge is 2.48. The molecule has 1 aliphatic rings. The van der Waals surface area contributed by atoms with E-state index >= 15 is 0 Å². The second-order valence-corrected chi connectivity index (χ2v) is 4.30. The average Bonchev–Trinajstić information content (AvgIpc) is 2.52. The lowest BCUT2D eigenvalue weighted by Gasteiger charge is -2.28. The third-order valence-electron chi connectivity index (χ3n) is 2.95. The molecule has 0 aromatic heterocycles. The topological polar surface area (TPSA) is 52.6 Å². The molecule has 0 unspecified atom stereocenters. The second kappa shape index (κ2) is 6.38. The monoisotopic (exact) mass is 252 g/mol. The quantitative estimate of drug-likeness (QED) is 0.569. The lowest BCUT2D eigenvalue weighted by atomic mass is 9.79. The zero-order valence-electron chi connectivity index (χ0n) is 11.0. The molecule has 0 heterocycles. The maximum absolute atomic E-state index is 12.1. The van der Waals surface area contributed by atoms with Crippen LogP contribution in [0.1, 0.15) is 33.1 Å². The Kier molecular flexibility index (Phi) is 5.13. The minimum Gasteiger partial charge on any atom is -0.465 e. The highest BCUT2D eigenvalue weighted by atomic mass is 16.6. The van der Waals surface area contributed by atoms with Crippen LogP contribution in [0.3, 0.4) is 0 Å². The summed E-state index contributed by atoms with van der Waals surface area (Å²) in [6, 6.07) is 0. The van der Waals surface area contributed by atoms with Crippen molar-refractivity contribution in [2.45, 2.75) is 33.1 Å². The maximum atomic E-state index is 12.1. The Morgan fingerprint density at radius 3 is 2.33 bits per heavy atom. The molecule has 4 heteroatoms. The predicted octanol–water partition coefficient (Wildman–Crippen LogP) is 2.40. The Balaban J connectivity index is 3.03. The van der Waals surface area contributed by atoms with E-state index in [1.54, 1.807) is 13.8 Å². The van der Waals surface area contributed by atoms with Gasteiger partial charge in [-0.15, -0.1) is 0 Å². The molecule has 0 bridgehead atoms. The summed E-state index contributed by atoms with van der Waals surface area (Å²) in [5, 5.41) is 0. The van der Waals surface area contributed by atoms with Crippen molar-refractivity contribution in [3.8, 4) is 0 Å². The van der Waals surface area contributed by atoms with Crippen molar-refractivity contribution in [2.24, 2.45) is 5.41 Å². The first kappa shape index (κ1) is 14.5. The molecule has 0 saturated carbocycles. The molecule has 0 N–H and O–H groups in total. The van der Waals surface area contributed by atoms with Crippen molar-refractivity contribution in [2.75, 3.05) is 13.2 Å². The van der Waals surface area contributed by atoms with E-state index in [-0.39, 0.29) is 19.6 Å². The van der Waals surface area contributed by atoms with Gasteiger partial charge in [0, 0.05) is 0 Å². The van der Waals surface area contributed by atoms with Crippen molar-refractivity contribution in [3.63, 3.8) is 0 Å². The van der Waals surface area contributed by atoms with Gasteiger partial charge in [-0.25, -0.2) is 0 Å². The maximum Gasteiger partial charge on any atom is 0.323 e. The molecule has 0 saturated heterocycles. The van der Waals surface area contributed by atoms with E-state index in [1.807, 2.05) is 12.2 Å². The Hall–Kier alpha value is -1.58. The van der Waals surface area contributed by atoms with Crippen LogP contribution in [0.15, 0.2) is 24.3 Å². The van der Waals surface area contributed by atoms with Gasteiger partial charge in [0.2, 0.25) is 0 Å². The number of allylic oxidation sites excluding steroid dienone is 3. The first-order valence-corrected chi connectivity index (χ1v) is 6.25. The number of carbonyl (C=O) groups is 2. The smallest absolute Gasteiger partial charge is 0.323 e. The first-order chi connectivity index (χ1) is 8.56. The molecule has 0 amide bonds. The van der Waals surface area contributed by atoms with Gasteiger partial charge < -0.3 is 9.47 Å². The van der Waals surface area contributed by atoms with Crippen LogP contribution < -0.4 is 0 Å². The van der Waals surface area contributed by atoms with E-state index in [2.05, 4.69) is 6.58 Å². The third-order valence-corrected chi connectivity index (χ3v) is 2.95. The van der Waals surface area contributed by atoms with Crippen molar-refractivity contribution in [1.29, 1.82) is 0 Å². The molecule has 100 valence electrons. The van der Waals surface area contributed by atoms with Crippen LogP contribution in [0.4, 0.5) is 0 Å². The Labute approximate surface area is 108 Å². The largest absolute Gasteiger partial charge is 0.465 e. The van der Waals surface area contributed by atoms with E-state index in [4.69, 9.17) is 9.47 Å². The van der Waals surface area contributed by atoms with Gasteiger partial charge in [-0.2, -0.15) is 0 Å². The molecule has 4 nitrogen and oxygen atoms in total. The van der Waals surface area contributed by atoms with Gasteiger partial charge in [-0.05, 0) is 33.1 Å². The van der Waals surface area contributed by atoms with E-state index < -0.39 is 17.4 Å². The van der Waals surface area contributed by atoms with Crippen LogP contribution in [0, 0.1) is 5.41 Å². The summed E-state index contributed by atoms with van der Waals surface area (Å²) in [4.78, 5) is 24.3. The number of esters is 2. The highest BCUT2D eigenvalue weighted by molar-refractivity contribution is 6.00. The Morgan fingerprint density at radius 1 is 1.28 bits per heavy atom. The van der Waals surface area contributed by atoms with Crippen LogP contribution in [0.25, 0.3) is 0 Å². The average molecular weight is 252 g/mol. The summed E-state index contributed by atoms with van der Waals surface area (Å²) < 4.78 is 10.1. The van der Waals surface area contributed by atoms with Crippen molar-refractivity contribution >= 4 is 11.9 Å². The summed E-state index contributed by atoms with van der Waals surface area (Å²) in [7, 11) is 0. The van der Waals surface area contributed by atoms with Crippen molar-refractivity contribution in [1.82, 2.24) is 0 Å².